The van der Waals surface area contributed by atoms with Crippen molar-refractivity contribution < 1.29 is 0 Å². The van der Waals surface area contributed by atoms with Gasteiger partial charge in [-0.2, -0.15) is 0 Å². The number of halogens is 1. The standard InChI is InChI=1S/C15H17BrN2/c1-3-12-9-13(16)6-7-14(12)18-10-15-11(2)5-4-8-17-15/h4-9,18H,3,10H2,1-2H3. The highest BCUT2D eigenvalue weighted by Crippen LogP contribution is 2.22. The van der Waals surface area contributed by atoms with E-state index in [1.807, 2.05) is 12.3 Å². The second-order valence-electron chi connectivity index (χ2n) is 4.28. The summed E-state index contributed by atoms with van der Waals surface area (Å²) in [5, 5.41) is 3.47. The highest BCUT2D eigenvalue weighted by molar-refractivity contribution is 9.10. The van der Waals surface area contributed by atoms with E-state index in [1.54, 1.807) is 0 Å². The van der Waals surface area contributed by atoms with Crippen molar-refractivity contribution in [3.63, 3.8) is 0 Å². The lowest BCUT2D eigenvalue weighted by molar-refractivity contribution is 1.01. The third-order valence-electron chi connectivity index (χ3n) is 3.01. The van der Waals surface area contributed by atoms with Crippen LogP contribution >= 0.6 is 15.9 Å². The zero-order chi connectivity index (χ0) is 13.0. The van der Waals surface area contributed by atoms with Crippen molar-refractivity contribution >= 4 is 21.6 Å². The Morgan fingerprint density at radius 2 is 2.11 bits per heavy atom. The third-order valence-corrected chi connectivity index (χ3v) is 3.51. The molecule has 0 aliphatic rings. The first-order chi connectivity index (χ1) is 8.70. The molecule has 0 fully saturated rings. The highest BCUT2D eigenvalue weighted by atomic mass is 79.9. The first-order valence-electron chi connectivity index (χ1n) is 6.13. The smallest absolute Gasteiger partial charge is 0.0623 e. The Morgan fingerprint density at radius 1 is 1.28 bits per heavy atom. The number of hydrogen-bond acceptors (Lipinski definition) is 2. The second kappa shape index (κ2) is 6.01. The Hall–Kier alpha value is -1.35. The van der Waals surface area contributed by atoms with E-state index >= 15 is 0 Å². The van der Waals surface area contributed by atoms with Crippen molar-refractivity contribution in [2.24, 2.45) is 0 Å². The Kier molecular flexibility index (Phi) is 4.37. The molecule has 0 saturated heterocycles. The van der Waals surface area contributed by atoms with Crippen LogP contribution in [0.2, 0.25) is 0 Å². The maximum Gasteiger partial charge on any atom is 0.0623 e. The van der Waals surface area contributed by atoms with E-state index in [0.29, 0.717) is 0 Å². The summed E-state index contributed by atoms with van der Waals surface area (Å²) in [4.78, 5) is 4.39. The predicted molar refractivity (Wildman–Crippen MR) is 79.8 cm³/mol. The van der Waals surface area contributed by atoms with Gasteiger partial charge in [0.05, 0.1) is 12.2 Å². The van der Waals surface area contributed by atoms with Crippen molar-refractivity contribution in [1.29, 1.82) is 0 Å². The number of nitrogens with one attached hydrogen (secondary N) is 1. The fraction of sp³-hybridized carbons (Fsp3) is 0.267. The molecule has 0 spiro atoms. The average Bonchev–Trinajstić information content (AvgIpc) is 2.39. The van der Waals surface area contributed by atoms with Gasteiger partial charge in [0, 0.05) is 16.4 Å². The summed E-state index contributed by atoms with van der Waals surface area (Å²) < 4.78 is 1.12. The summed E-state index contributed by atoms with van der Waals surface area (Å²) in [5.74, 6) is 0. The lowest BCUT2D eigenvalue weighted by Gasteiger charge is -2.12. The van der Waals surface area contributed by atoms with Crippen LogP contribution in [0.1, 0.15) is 23.7 Å². The Bertz CT molecular complexity index is 538. The minimum absolute atomic E-state index is 0.765. The van der Waals surface area contributed by atoms with Crippen LogP contribution in [-0.4, -0.2) is 4.98 Å². The molecule has 1 aromatic carbocycles. The van der Waals surface area contributed by atoms with Crippen LogP contribution in [0.25, 0.3) is 0 Å². The number of anilines is 1. The highest BCUT2D eigenvalue weighted by Gasteiger charge is 2.03. The maximum atomic E-state index is 4.39. The van der Waals surface area contributed by atoms with Gasteiger partial charge in [0.15, 0.2) is 0 Å². The molecule has 2 rings (SSSR count). The molecular formula is C15H17BrN2. The molecule has 2 aromatic rings. The van der Waals surface area contributed by atoms with Gasteiger partial charge in [0.2, 0.25) is 0 Å². The number of rotatable bonds is 4. The van der Waals surface area contributed by atoms with Crippen LogP contribution in [0.4, 0.5) is 5.69 Å². The Labute approximate surface area is 117 Å². The molecule has 0 radical (unpaired) electrons. The summed E-state index contributed by atoms with van der Waals surface area (Å²) in [5.41, 5.74) is 4.83. The summed E-state index contributed by atoms with van der Waals surface area (Å²) in [6, 6.07) is 10.4. The van der Waals surface area contributed by atoms with Gasteiger partial charge in [0.1, 0.15) is 0 Å². The number of aryl methyl sites for hydroxylation is 2. The minimum Gasteiger partial charge on any atom is -0.379 e. The van der Waals surface area contributed by atoms with Gasteiger partial charge in [-0.25, -0.2) is 0 Å². The zero-order valence-corrected chi connectivity index (χ0v) is 12.3. The van der Waals surface area contributed by atoms with E-state index in [4.69, 9.17) is 0 Å². The van der Waals surface area contributed by atoms with Gasteiger partial charge in [-0.15, -0.1) is 0 Å². The molecule has 0 aliphatic heterocycles. The van der Waals surface area contributed by atoms with Crippen LogP contribution in [-0.2, 0) is 13.0 Å². The van der Waals surface area contributed by atoms with Gasteiger partial charge in [-0.3, -0.25) is 4.98 Å². The van der Waals surface area contributed by atoms with Crippen LogP contribution in [0, 0.1) is 6.92 Å². The second-order valence-corrected chi connectivity index (χ2v) is 5.19. The quantitative estimate of drug-likeness (QED) is 0.909. The lowest BCUT2D eigenvalue weighted by atomic mass is 10.1. The fourth-order valence-corrected chi connectivity index (χ4v) is 2.32. The van der Waals surface area contributed by atoms with E-state index in [-0.39, 0.29) is 0 Å². The molecule has 1 aromatic heterocycles. The van der Waals surface area contributed by atoms with E-state index in [2.05, 4.69) is 64.3 Å². The maximum absolute atomic E-state index is 4.39. The van der Waals surface area contributed by atoms with Crippen molar-refractivity contribution in [2.75, 3.05) is 5.32 Å². The molecule has 94 valence electrons. The van der Waals surface area contributed by atoms with Gasteiger partial charge >= 0.3 is 0 Å². The topological polar surface area (TPSA) is 24.9 Å². The molecule has 0 amide bonds. The van der Waals surface area contributed by atoms with Gasteiger partial charge in [-0.1, -0.05) is 28.9 Å². The molecule has 3 heteroatoms. The van der Waals surface area contributed by atoms with Crippen molar-refractivity contribution in [3.05, 3.63) is 57.8 Å². The van der Waals surface area contributed by atoms with E-state index in [0.717, 1.165) is 23.1 Å². The number of aromatic nitrogens is 1. The first-order valence-corrected chi connectivity index (χ1v) is 6.92. The number of nitrogens with zero attached hydrogens (tertiary/aromatic N) is 1. The minimum atomic E-state index is 0.765. The molecule has 0 bridgehead atoms. The van der Waals surface area contributed by atoms with Gasteiger partial charge in [-0.05, 0) is 48.7 Å². The van der Waals surface area contributed by atoms with Crippen LogP contribution in [0.5, 0.6) is 0 Å². The van der Waals surface area contributed by atoms with E-state index in [9.17, 15) is 0 Å². The molecule has 1 heterocycles. The number of benzene rings is 1. The van der Waals surface area contributed by atoms with E-state index < -0.39 is 0 Å². The first kappa shape index (κ1) is 13.1. The van der Waals surface area contributed by atoms with Crippen LogP contribution in [0.3, 0.4) is 0 Å². The normalized spacial score (nSPS) is 10.4. The third kappa shape index (κ3) is 3.10. The van der Waals surface area contributed by atoms with Crippen molar-refractivity contribution in [3.8, 4) is 0 Å². The monoisotopic (exact) mass is 304 g/mol. The van der Waals surface area contributed by atoms with Crippen LogP contribution < -0.4 is 5.32 Å². The molecule has 0 saturated carbocycles. The fourth-order valence-electron chi connectivity index (χ4n) is 1.91. The molecular weight excluding hydrogens is 288 g/mol. The summed E-state index contributed by atoms with van der Waals surface area (Å²) in [6.07, 6.45) is 2.86. The molecule has 0 aliphatic carbocycles. The Morgan fingerprint density at radius 3 is 2.83 bits per heavy atom. The molecule has 2 nitrogen and oxygen atoms in total. The largest absolute Gasteiger partial charge is 0.379 e. The van der Waals surface area contributed by atoms with Crippen LogP contribution in [0.15, 0.2) is 41.0 Å². The predicted octanol–water partition coefficient (Wildman–Crippen LogP) is 4.33. The SMILES string of the molecule is CCc1cc(Br)ccc1NCc1ncccc1C. The van der Waals surface area contributed by atoms with E-state index in [1.165, 1.54) is 16.8 Å². The van der Waals surface area contributed by atoms with Crippen molar-refractivity contribution in [2.45, 2.75) is 26.8 Å². The molecule has 18 heavy (non-hydrogen) atoms. The lowest BCUT2D eigenvalue weighted by Crippen LogP contribution is -2.05. The number of hydrogen-bond donors (Lipinski definition) is 1. The summed E-state index contributed by atoms with van der Waals surface area (Å²) in [6.45, 7) is 5.02. The number of pyridine rings is 1. The summed E-state index contributed by atoms with van der Waals surface area (Å²) in [7, 11) is 0. The summed E-state index contributed by atoms with van der Waals surface area (Å²) >= 11 is 3.50. The Balaban J connectivity index is 2.13. The molecule has 0 unspecified atom stereocenters. The average molecular weight is 305 g/mol. The molecule has 0 atom stereocenters. The van der Waals surface area contributed by atoms with Gasteiger partial charge < -0.3 is 5.32 Å². The van der Waals surface area contributed by atoms with Gasteiger partial charge in [0.25, 0.3) is 0 Å². The zero-order valence-electron chi connectivity index (χ0n) is 10.7. The van der Waals surface area contributed by atoms with Crippen molar-refractivity contribution in [1.82, 2.24) is 4.98 Å². The molecule has 1 N–H and O–H groups in total.